The van der Waals surface area contributed by atoms with E-state index >= 15 is 0 Å². The normalized spacial score (nSPS) is 18.1. The van der Waals surface area contributed by atoms with E-state index in [1.54, 1.807) is 36.1 Å². The van der Waals surface area contributed by atoms with Crippen molar-refractivity contribution in [1.82, 2.24) is 14.2 Å². The molecule has 0 aliphatic carbocycles. The van der Waals surface area contributed by atoms with Gasteiger partial charge in [-0.15, -0.1) is 0 Å². The predicted octanol–water partition coefficient (Wildman–Crippen LogP) is 5.52. The third kappa shape index (κ3) is 6.45. The number of hydrogen-bond acceptors (Lipinski definition) is 6. The van der Waals surface area contributed by atoms with Crippen LogP contribution >= 0.6 is 0 Å². The molecular formula is C27H29F4N5O2S. The summed E-state index contributed by atoms with van der Waals surface area (Å²) in [6.45, 7) is 2.66. The Bertz CT molecular complexity index is 1420. The second-order valence-corrected chi connectivity index (χ2v) is 11.5. The second kappa shape index (κ2) is 11.4. The van der Waals surface area contributed by atoms with Crippen LogP contribution < -0.4 is 5.32 Å². The van der Waals surface area contributed by atoms with Gasteiger partial charge in [0.25, 0.3) is 0 Å². The number of rotatable bonds is 8. The molecule has 1 aliphatic rings. The van der Waals surface area contributed by atoms with Crippen LogP contribution in [0.5, 0.6) is 0 Å². The third-order valence-corrected chi connectivity index (χ3v) is 8.72. The highest BCUT2D eigenvalue weighted by atomic mass is 32.2. The molecule has 1 fully saturated rings. The van der Waals surface area contributed by atoms with Crippen molar-refractivity contribution >= 4 is 27.6 Å². The zero-order chi connectivity index (χ0) is 28.4. The largest absolute Gasteiger partial charge is 0.392 e. The van der Waals surface area contributed by atoms with E-state index in [1.165, 1.54) is 41.0 Å². The van der Waals surface area contributed by atoms with Crippen molar-refractivity contribution in [2.75, 3.05) is 31.5 Å². The van der Waals surface area contributed by atoms with Gasteiger partial charge < -0.3 is 10.7 Å². The summed E-state index contributed by atoms with van der Waals surface area (Å²) in [7, 11) is -3.93. The highest BCUT2D eigenvalue weighted by Gasteiger charge is 2.41. The molecule has 2 heterocycles. The summed E-state index contributed by atoms with van der Waals surface area (Å²) in [5, 5.41) is 11.1. The molecule has 1 unspecified atom stereocenters. The van der Waals surface area contributed by atoms with Gasteiger partial charge in [-0.3, -0.25) is 9.88 Å². The van der Waals surface area contributed by atoms with Crippen molar-refractivity contribution in [1.29, 1.82) is 5.41 Å². The summed E-state index contributed by atoms with van der Waals surface area (Å²) in [5.41, 5.74) is 2.94. The number of pyridine rings is 1. The smallest absolute Gasteiger partial charge is 0.355 e. The minimum Gasteiger partial charge on any atom is -0.355 e. The van der Waals surface area contributed by atoms with E-state index in [0.29, 0.717) is 28.1 Å². The molecule has 2 atom stereocenters. The fourth-order valence-corrected chi connectivity index (χ4v) is 6.05. The Labute approximate surface area is 225 Å². The summed E-state index contributed by atoms with van der Waals surface area (Å²) in [4.78, 5) is 5.57. The molecule has 4 rings (SSSR count). The molecule has 0 bridgehead atoms. The lowest BCUT2D eigenvalue weighted by Crippen LogP contribution is -2.52. The first-order valence-corrected chi connectivity index (χ1v) is 13.7. The molecule has 208 valence electrons. The molecule has 0 radical (unpaired) electrons. The van der Waals surface area contributed by atoms with E-state index in [4.69, 9.17) is 5.41 Å². The summed E-state index contributed by atoms with van der Waals surface area (Å²) >= 11 is 0. The Hall–Kier alpha value is -3.35. The molecule has 0 spiro atoms. The number of nitrogens with one attached hydrogen (secondary N) is 2. The molecule has 39 heavy (non-hydrogen) atoms. The molecule has 1 aliphatic heterocycles. The van der Waals surface area contributed by atoms with Crippen molar-refractivity contribution in [3.05, 3.63) is 83.4 Å². The van der Waals surface area contributed by atoms with Gasteiger partial charge in [0.1, 0.15) is 10.7 Å². The van der Waals surface area contributed by atoms with Crippen LogP contribution in [0.15, 0.2) is 65.8 Å². The van der Waals surface area contributed by atoms with Crippen LogP contribution in [0.3, 0.4) is 0 Å². The van der Waals surface area contributed by atoms with E-state index < -0.39 is 34.0 Å². The highest BCUT2D eigenvalue weighted by molar-refractivity contribution is 7.89. The molecule has 2 aromatic carbocycles. The highest BCUT2D eigenvalue weighted by Crippen LogP contribution is 2.36. The number of aromatic nitrogens is 1. The number of piperazine rings is 1. The van der Waals surface area contributed by atoms with Crippen LogP contribution in [0.4, 0.5) is 28.9 Å². The van der Waals surface area contributed by atoms with Crippen molar-refractivity contribution in [3.63, 3.8) is 0 Å². The Kier molecular flexibility index (Phi) is 8.38. The fraction of sp³-hybridized carbons (Fsp3) is 0.333. The summed E-state index contributed by atoms with van der Waals surface area (Å²) in [6, 6.07) is 11.4. The molecular weight excluding hydrogens is 534 g/mol. The van der Waals surface area contributed by atoms with Gasteiger partial charge in [0.15, 0.2) is 0 Å². The lowest BCUT2D eigenvalue weighted by Gasteiger charge is -2.42. The Morgan fingerprint density at radius 3 is 2.51 bits per heavy atom. The van der Waals surface area contributed by atoms with Crippen molar-refractivity contribution < 1.29 is 26.0 Å². The maximum atomic E-state index is 13.5. The van der Waals surface area contributed by atoms with Gasteiger partial charge in [-0.1, -0.05) is 6.92 Å². The quantitative estimate of drug-likeness (QED) is 0.279. The summed E-state index contributed by atoms with van der Waals surface area (Å²) in [5.74, 6) is -2.01. The van der Waals surface area contributed by atoms with Gasteiger partial charge in [0, 0.05) is 67.8 Å². The average Bonchev–Trinajstić information content (AvgIpc) is 2.90. The van der Waals surface area contributed by atoms with E-state index in [-0.39, 0.29) is 31.1 Å². The molecule has 1 aromatic heterocycles. The van der Waals surface area contributed by atoms with E-state index in [2.05, 4.69) is 10.3 Å². The molecule has 7 nitrogen and oxygen atoms in total. The van der Waals surface area contributed by atoms with Gasteiger partial charge in [-0.25, -0.2) is 12.8 Å². The van der Waals surface area contributed by atoms with Gasteiger partial charge in [0.2, 0.25) is 10.0 Å². The monoisotopic (exact) mass is 563 g/mol. The predicted molar refractivity (Wildman–Crippen MR) is 141 cm³/mol. The lowest BCUT2D eigenvalue weighted by atomic mass is 9.94. The van der Waals surface area contributed by atoms with Crippen LogP contribution in [0.2, 0.25) is 0 Å². The number of halogens is 4. The van der Waals surface area contributed by atoms with Gasteiger partial charge in [0.05, 0.1) is 5.92 Å². The van der Waals surface area contributed by atoms with Crippen LogP contribution in [0, 0.1) is 24.1 Å². The van der Waals surface area contributed by atoms with Gasteiger partial charge >= 0.3 is 6.18 Å². The fourth-order valence-electron chi connectivity index (χ4n) is 4.65. The molecule has 1 saturated heterocycles. The zero-order valence-electron chi connectivity index (χ0n) is 21.4. The molecule has 12 heteroatoms. The van der Waals surface area contributed by atoms with Crippen molar-refractivity contribution in [3.8, 4) is 0 Å². The maximum absolute atomic E-state index is 13.5. The molecule has 0 saturated carbocycles. The van der Waals surface area contributed by atoms with E-state index in [0.717, 1.165) is 13.1 Å². The van der Waals surface area contributed by atoms with Crippen LogP contribution in [0.25, 0.3) is 0 Å². The Morgan fingerprint density at radius 2 is 1.90 bits per heavy atom. The summed E-state index contributed by atoms with van der Waals surface area (Å²) in [6.07, 6.45) is -0.579. The number of hydrogen-bond donors (Lipinski definition) is 2. The van der Waals surface area contributed by atoms with Crippen LogP contribution in [0.1, 0.15) is 29.7 Å². The van der Waals surface area contributed by atoms with Crippen LogP contribution in [-0.4, -0.2) is 61.2 Å². The first kappa shape index (κ1) is 28.7. The number of benzene rings is 2. The van der Waals surface area contributed by atoms with Crippen LogP contribution in [-0.2, 0) is 10.0 Å². The standard InChI is InChI=1S/C27H29F4N5O2S/c1-18-12-25(34-22-7-5-21(28)6-8-22)20(14-32)13-24(18)26-17-36(39(37,38)23-4-3-9-33-15-23)11-10-35(26)16-19(2)27(29,30)31/h3-9,12-15,19,26,32,34H,10-11,16-17H2,1-2H3/t19?,26-/m0/s1. The van der Waals surface area contributed by atoms with Gasteiger partial charge in [-0.05, 0) is 66.6 Å². The minimum absolute atomic E-state index is 0.0107. The Balaban J connectivity index is 1.71. The Morgan fingerprint density at radius 1 is 1.18 bits per heavy atom. The minimum atomic E-state index is -4.40. The molecule has 3 aromatic rings. The van der Waals surface area contributed by atoms with Crippen molar-refractivity contribution in [2.45, 2.75) is 31.0 Å². The lowest BCUT2D eigenvalue weighted by molar-refractivity contribution is -0.176. The van der Waals surface area contributed by atoms with E-state index in [1.807, 2.05) is 0 Å². The average molecular weight is 564 g/mol. The van der Waals surface area contributed by atoms with E-state index in [9.17, 15) is 26.0 Å². The zero-order valence-corrected chi connectivity index (χ0v) is 22.2. The SMILES string of the molecule is Cc1cc(Nc2ccc(F)cc2)c(C=N)cc1[C@@H]1CN(S(=O)(=O)c2cccnc2)CCN1CC(C)C(F)(F)F. The number of aryl methyl sites for hydroxylation is 1. The molecule has 2 N–H and O–H groups in total. The topological polar surface area (TPSA) is 89.4 Å². The number of alkyl halides is 3. The third-order valence-electron chi connectivity index (χ3n) is 6.87. The second-order valence-electron chi connectivity index (χ2n) is 9.58. The maximum Gasteiger partial charge on any atom is 0.392 e. The summed E-state index contributed by atoms with van der Waals surface area (Å²) < 4.78 is 81.8. The number of sulfonamides is 1. The molecule has 0 amide bonds. The first-order chi connectivity index (χ1) is 18.4. The number of nitrogens with zero attached hydrogens (tertiary/aromatic N) is 3. The number of anilines is 2. The van der Waals surface area contributed by atoms with Gasteiger partial charge in [-0.2, -0.15) is 17.5 Å². The van der Waals surface area contributed by atoms with Crippen molar-refractivity contribution in [2.24, 2.45) is 5.92 Å². The first-order valence-electron chi connectivity index (χ1n) is 12.3.